The second-order valence-corrected chi connectivity index (χ2v) is 8.00. The molecule has 2 unspecified atom stereocenters. The summed E-state index contributed by atoms with van der Waals surface area (Å²) in [6.45, 7) is 1.65. The number of aryl methyl sites for hydroxylation is 1. The average molecular weight is 302 g/mol. The number of aliphatic hydroxyl groups is 1. The number of hydrogen-bond donors (Lipinski definition) is 1. The van der Waals surface area contributed by atoms with Crippen molar-refractivity contribution in [3.05, 3.63) is 65.7 Å². The zero-order valence-corrected chi connectivity index (χ0v) is 12.7. The van der Waals surface area contributed by atoms with Gasteiger partial charge in [-0.1, -0.05) is 48.0 Å². The van der Waals surface area contributed by atoms with Gasteiger partial charge in [-0.05, 0) is 31.0 Å². The lowest BCUT2D eigenvalue weighted by molar-refractivity contribution is 0.281. The molecule has 2 aromatic rings. The van der Waals surface area contributed by atoms with Crippen molar-refractivity contribution >= 4 is 9.84 Å². The number of rotatable bonds is 4. The molecule has 2 atom stereocenters. The van der Waals surface area contributed by atoms with Gasteiger partial charge in [-0.3, -0.25) is 0 Å². The second-order valence-electron chi connectivity index (χ2n) is 5.71. The number of benzene rings is 2. The van der Waals surface area contributed by atoms with Crippen LogP contribution in [-0.4, -0.2) is 24.9 Å². The SMILES string of the molecule is Cc1ccc(C2CC2(CO)S(=O)(=O)c2ccccc2)cc1. The molecule has 0 aromatic heterocycles. The van der Waals surface area contributed by atoms with Crippen LogP contribution in [0.2, 0.25) is 0 Å². The highest BCUT2D eigenvalue weighted by Gasteiger charge is 2.64. The van der Waals surface area contributed by atoms with E-state index >= 15 is 0 Å². The summed E-state index contributed by atoms with van der Waals surface area (Å²) in [4.78, 5) is 0.286. The van der Waals surface area contributed by atoms with Gasteiger partial charge >= 0.3 is 0 Å². The van der Waals surface area contributed by atoms with E-state index in [2.05, 4.69) is 0 Å². The van der Waals surface area contributed by atoms with Crippen LogP contribution in [-0.2, 0) is 9.84 Å². The third kappa shape index (κ3) is 2.19. The molecule has 4 heteroatoms. The predicted molar refractivity (Wildman–Crippen MR) is 82.0 cm³/mol. The van der Waals surface area contributed by atoms with Crippen LogP contribution < -0.4 is 0 Å². The summed E-state index contributed by atoms with van der Waals surface area (Å²) >= 11 is 0. The normalized spacial score (nSPS) is 24.8. The molecule has 0 aliphatic heterocycles. The highest BCUT2D eigenvalue weighted by molar-refractivity contribution is 7.93. The van der Waals surface area contributed by atoms with Crippen molar-refractivity contribution in [1.82, 2.24) is 0 Å². The molecule has 110 valence electrons. The first-order valence-corrected chi connectivity index (χ1v) is 8.47. The molecule has 1 fully saturated rings. The second kappa shape index (κ2) is 4.97. The van der Waals surface area contributed by atoms with Crippen molar-refractivity contribution < 1.29 is 13.5 Å². The minimum absolute atomic E-state index is 0.131. The molecule has 3 nitrogen and oxygen atoms in total. The third-order valence-electron chi connectivity index (χ3n) is 4.36. The number of sulfone groups is 1. The van der Waals surface area contributed by atoms with E-state index in [9.17, 15) is 13.5 Å². The lowest BCUT2D eigenvalue weighted by Crippen LogP contribution is -2.29. The van der Waals surface area contributed by atoms with Gasteiger partial charge < -0.3 is 5.11 Å². The molecule has 1 saturated carbocycles. The van der Waals surface area contributed by atoms with Crippen molar-refractivity contribution in [3.8, 4) is 0 Å². The topological polar surface area (TPSA) is 54.4 Å². The Bertz CT molecular complexity index is 735. The molecule has 2 aromatic carbocycles. The molecule has 1 aliphatic carbocycles. The average Bonchev–Trinajstić information content (AvgIpc) is 3.25. The molecule has 3 rings (SSSR count). The van der Waals surface area contributed by atoms with Gasteiger partial charge in [0.15, 0.2) is 9.84 Å². The fourth-order valence-electron chi connectivity index (χ4n) is 2.90. The van der Waals surface area contributed by atoms with E-state index in [-0.39, 0.29) is 17.4 Å². The maximum Gasteiger partial charge on any atom is 0.186 e. The van der Waals surface area contributed by atoms with Gasteiger partial charge in [0.2, 0.25) is 0 Å². The minimum Gasteiger partial charge on any atom is -0.395 e. The number of aliphatic hydroxyl groups excluding tert-OH is 1. The Morgan fingerprint density at radius 3 is 2.29 bits per heavy atom. The molecule has 0 amide bonds. The summed E-state index contributed by atoms with van der Waals surface area (Å²) < 4.78 is 24.6. The largest absolute Gasteiger partial charge is 0.395 e. The van der Waals surface area contributed by atoms with Crippen LogP contribution in [0.5, 0.6) is 0 Å². The minimum atomic E-state index is -3.53. The molecule has 1 N–H and O–H groups in total. The van der Waals surface area contributed by atoms with Crippen molar-refractivity contribution in [2.75, 3.05) is 6.61 Å². The monoisotopic (exact) mass is 302 g/mol. The maximum atomic E-state index is 12.8. The van der Waals surface area contributed by atoms with E-state index in [1.54, 1.807) is 30.3 Å². The molecule has 0 radical (unpaired) electrons. The molecule has 1 aliphatic rings. The first kappa shape index (κ1) is 14.3. The van der Waals surface area contributed by atoms with E-state index in [4.69, 9.17) is 0 Å². The lowest BCUT2D eigenvalue weighted by Gasteiger charge is -2.16. The first-order chi connectivity index (χ1) is 10.0. The molecule has 0 saturated heterocycles. The molecule has 0 spiro atoms. The third-order valence-corrected chi connectivity index (χ3v) is 6.90. The van der Waals surface area contributed by atoms with Crippen LogP contribution in [0.15, 0.2) is 59.5 Å². The van der Waals surface area contributed by atoms with E-state index in [0.29, 0.717) is 6.42 Å². The van der Waals surface area contributed by atoms with Gasteiger partial charge in [0.1, 0.15) is 4.75 Å². The van der Waals surface area contributed by atoms with Gasteiger partial charge in [-0.25, -0.2) is 8.42 Å². The molecule has 21 heavy (non-hydrogen) atoms. The quantitative estimate of drug-likeness (QED) is 0.944. The lowest BCUT2D eigenvalue weighted by atomic mass is 10.1. The predicted octanol–water partition coefficient (Wildman–Crippen LogP) is 2.69. The zero-order valence-electron chi connectivity index (χ0n) is 11.9. The Labute approximate surface area is 125 Å². The van der Waals surface area contributed by atoms with Crippen molar-refractivity contribution in [2.24, 2.45) is 0 Å². The fraction of sp³-hybridized carbons (Fsp3) is 0.294. The fourth-order valence-corrected chi connectivity index (χ4v) is 4.95. The van der Waals surface area contributed by atoms with Crippen LogP contribution in [0, 0.1) is 6.92 Å². The van der Waals surface area contributed by atoms with E-state index in [1.165, 1.54) is 0 Å². The van der Waals surface area contributed by atoms with E-state index in [0.717, 1.165) is 11.1 Å². The highest BCUT2D eigenvalue weighted by atomic mass is 32.2. The highest BCUT2D eigenvalue weighted by Crippen LogP contribution is 2.58. The summed E-state index contributed by atoms with van der Waals surface area (Å²) in [5.41, 5.74) is 2.12. The van der Waals surface area contributed by atoms with Crippen LogP contribution in [0.1, 0.15) is 23.5 Å². The van der Waals surface area contributed by atoms with Gasteiger partial charge in [-0.2, -0.15) is 0 Å². The van der Waals surface area contributed by atoms with Gasteiger partial charge in [-0.15, -0.1) is 0 Å². The standard InChI is InChI=1S/C17H18O3S/c1-13-7-9-14(10-8-13)16-11-17(16,12-18)21(19,20)15-5-3-2-4-6-15/h2-10,16,18H,11-12H2,1H3. The Hall–Kier alpha value is -1.65. The van der Waals surface area contributed by atoms with Crippen molar-refractivity contribution in [3.63, 3.8) is 0 Å². The summed E-state index contributed by atoms with van der Waals surface area (Å²) in [7, 11) is -3.53. The van der Waals surface area contributed by atoms with Gasteiger partial charge in [0, 0.05) is 5.92 Å². The van der Waals surface area contributed by atoms with E-state index < -0.39 is 14.6 Å². The van der Waals surface area contributed by atoms with Crippen molar-refractivity contribution in [2.45, 2.75) is 28.9 Å². The molecular formula is C17H18O3S. The Morgan fingerprint density at radius 1 is 1.10 bits per heavy atom. The Kier molecular flexibility index (Phi) is 3.38. The molecule has 0 heterocycles. The van der Waals surface area contributed by atoms with Crippen molar-refractivity contribution in [1.29, 1.82) is 0 Å². The van der Waals surface area contributed by atoms with Crippen LogP contribution in [0.4, 0.5) is 0 Å². The zero-order chi connectivity index (χ0) is 15.1. The first-order valence-electron chi connectivity index (χ1n) is 6.98. The van der Waals surface area contributed by atoms with Gasteiger partial charge in [0.05, 0.1) is 11.5 Å². The van der Waals surface area contributed by atoms with Crippen LogP contribution in [0.25, 0.3) is 0 Å². The van der Waals surface area contributed by atoms with Gasteiger partial charge in [0.25, 0.3) is 0 Å². The smallest absolute Gasteiger partial charge is 0.186 e. The van der Waals surface area contributed by atoms with Crippen LogP contribution >= 0.6 is 0 Å². The summed E-state index contributed by atoms with van der Waals surface area (Å²) in [6.07, 6.45) is 0.476. The van der Waals surface area contributed by atoms with E-state index in [1.807, 2.05) is 31.2 Å². The molecular weight excluding hydrogens is 284 g/mol. The maximum absolute atomic E-state index is 12.8. The Balaban J connectivity index is 1.99. The summed E-state index contributed by atoms with van der Waals surface area (Å²) in [5, 5.41) is 9.76. The number of hydrogen-bond acceptors (Lipinski definition) is 3. The summed E-state index contributed by atoms with van der Waals surface area (Å²) in [5.74, 6) is -0.131. The Morgan fingerprint density at radius 2 is 1.71 bits per heavy atom. The molecule has 0 bridgehead atoms. The summed E-state index contributed by atoms with van der Waals surface area (Å²) in [6, 6.07) is 16.3. The van der Waals surface area contributed by atoms with Crippen LogP contribution in [0.3, 0.4) is 0 Å².